The van der Waals surface area contributed by atoms with E-state index >= 15 is 0 Å². The van der Waals surface area contributed by atoms with E-state index in [4.69, 9.17) is 0 Å². The molecular weight excluding hydrogens is 172 g/mol. The van der Waals surface area contributed by atoms with Crippen LogP contribution in [0.3, 0.4) is 0 Å². The van der Waals surface area contributed by atoms with Gasteiger partial charge in [-0.25, -0.2) is 0 Å². The van der Waals surface area contributed by atoms with Crippen molar-refractivity contribution in [2.45, 2.75) is 32.5 Å². The lowest BCUT2D eigenvalue weighted by Crippen LogP contribution is -2.60. The topological polar surface area (TPSA) is 0 Å². The molecule has 5 unspecified atom stereocenters. The van der Waals surface area contributed by atoms with Gasteiger partial charge in [-0.15, -0.1) is 0 Å². The Hall–Kier alpha value is -0.0431. The van der Waals surface area contributed by atoms with Gasteiger partial charge in [0.25, 0.3) is 0 Å². The van der Waals surface area contributed by atoms with Crippen molar-refractivity contribution >= 4 is 8.07 Å². The van der Waals surface area contributed by atoms with Crippen LogP contribution in [0.1, 0.15) is 12.8 Å². The predicted octanol–water partition coefficient (Wildman–Crippen LogP) is 3.08. The van der Waals surface area contributed by atoms with Crippen LogP contribution < -0.4 is 0 Å². The molecule has 70 valence electrons. The quantitative estimate of drug-likeness (QED) is 0.557. The molecule has 0 N–H and O–H groups in total. The summed E-state index contributed by atoms with van der Waals surface area (Å²) >= 11 is 0. The Morgan fingerprint density at radius 2 is 1.92 bits per heavy atom. The molecule has 13 heavy (non-hydrogen) atoms. The van der Waals surface area contributed by atoms with Gasteiger partial charge in [0.05, 0.1) is 8.07 Å². The van der Waals surface area contributed by atoms with Crippen molar-refractivity contribution < 1.29 is 0 Å². The second-order valence-corrected chi connectivity index (χ2v) is 11.7. The normalized spacial score (nSPS) is 55.2. The Morgan fingerprint density at radius 1 is 1.15 bits per heavy atom. The van der Waals surface area contributed by atoms with Crippen molar-refractivity contribution in [2.75, 3.05) is 0 Å². The highest BCUT2D eigenvalue weighted by Crippen LogP contribution is 2.78. The van der Waals surface area contributed by atoms with Crippen molar-refractivity contribution in [3.8, 4) is 0 Å². The molecule has 4 rings (SSSR count). The minimum absolute atomic E-state index is 0.938. The minimum atomic E-state index is -0.938. The van der Waals surface area contributed by atoms with Gasteiger partial charge < -0.3 is 0 Å². The van der Waals surface area contributed by atoms with Crippen molar-refractivity contribution in [2.24, 2.45) is 29.6 Å². The number of fused-ring (bicyclic) bond motifs is 1. The van der Waals surface area contributed by atoms with E-state index in [-0.39, 0.29) is 0 Å². The zero-order valence-electron chi connectivity index (χ0n) is 8.80. The maximum atomic E-state index is 2.56. The number of hydrogen-bond donors (Lipinski definition) is 0. The van der Waals surface area contributed by atoms with Gasteiger partial charge in [-0.2, -0.15) is 0 Å². The molecule has 0 amide bonds. The first kappa shape index (κ1) is 7.28. The lowest BCUT2D eigenvalue weighted by molar-refractivity contribution is -0.133. The van der Waals surface area contributed by atoms with Crippen LogP contribution in [0.25, 0.3) is 0 Å². The van der Waals surface area contributed by atoms with Crippen molar-refractivity contribution in [1.82, 2.24) is 0 Å². The SMILES string of the molecule is C[Si](C)(C)C1=C2CC3C4CC1C4C23. The van der Waals surface area contributed by atoms with Crippen LogP contribution in [-0.4, -0.2) is 8.07 Å². The van der Waals surface area contributed by atoms with Crippen molar-refractivity contribution in [3.05, 3.63) is 10.8 Å². The van der Waals surface area contributed by atoms with Crippen LogP contribution in [0.5, 0.6) is 0 Å². The molecule has 1 heteroatoms. The molecule has 5 atom stereocenters. The summed E-state index contributed by atoms with van der Waals surface area (Å²) < 4.78 is 0. The largest absolute Gasteiger partial charge is 0.0782 e. The molecule has 0 saturated heterocycles. The Bertz CT molecular complexity index is 334. The third-order valence-corrected chi connectivity index (χ3v) is 7.60. The molecule has 0 heterocycles. The van der Waals surface area contributed by atoms with Gasteiger partial charge in [-0.3, -0.25) is 0 Å². The van der Waals surface area contributed by atoms with Crippen LogP contribution in [0.2, 0.25) is 19.6 Å². The highest BCUT2D eigenvalue weighted by Gasteiger charge is 2.71. The van der Waals surface area contributed by atoms with E-state index in [1.54, 1.807) is 6.42 Å². The molecule has 0 aromatic rings. The summed E-state index contributed by atoms with van der Waals surface area (Å²) in [6, 6.07) is 0. The molecule has 0 aromatic heterocycles. The summed E-state index contributed by atoms with van der Waals surface area (Å²) in [5.41, 5.74) is 1.98. The summed E-state index contributed by atoms with van der Waals surface area (Å²) in [4.78, 5) is 0. The molecule has 0 aromatic carbocycles. The van der Waals surface area contributed by atoms with Crippen LogP contribution in [0.4, 0.5) is 0 Å². The van der Waals surface area contributed by atoms with E-state index in [1.165, 1.54) is 24.2 Å². The number of rotatable bonds is 1. The molecule has 0 aliphatic heterocycles. The first-order valence-corrected chi connectivity index (χ1v) is 9.32. The van der Waals surface area contributed by atoms with Crippen LogP contribution in [-0.2, 0) is 0 Å². The molecule has 0 spiro atoms. The van der Waals surface area contributed by atoms with E-state index in [0.717, 1.165) is 11.8 Å². The van der Waals surface area contributed by atoms with Gasteiger partial charge in [0.1, 0.15) is 0 Å². The summed E-state index contributed by atoms with van der Waals surface area (Å²) in [5.74, 6) is 5.83. The lowest BCUT2D eigenvalue weighted by Gasteiger charge is -2.65. The average molecular weight is 190 g/mol. The van der Waals surface area contributed by atoms with Gasteiger partial charge in [0.2, 0.25) is 0 Å². The molecular formula is C12H18Si. The first-order valence-electron chi connectivity index (χ1n) is 5.82. The fraction of sp³-hybridized carbons (Fsp3) is 0.833. The Kier molecular flexibility index (Phi) is 0.958. The monoisotopic (exact) mass is 190 g/mol. The molecule has 3 fully saturated rings. The fourth-order valence-corrected chi connectivity index (χ4v) is 7.62. The van der Waals surface area contributed by atoms with Gasteiger partial charge in [0, 0.05) is 0 Å². The highest BCUT2D eigenvalue weighted by atomic mass is 28.3. The maximum Gasteiger partial charge on any atom is 0.0727 e. The summed E-state index contributed by atoms with van der Waals surface area (Å²) in [6.45, 7) is 7.67. The van der Waals surface area contributed by atoms with Crippen molar-refractivity contribution in [1.29, 1.82) is 0 Å². The highest BCUT2D eigenvalue weighted by molar-refractivity contribution is 6.83. The molecule has 0 nitrogen and oxygen atoms in total. The summed E-state index contributed by atoms with van der Waals surface area (Å²) in [6.07, 6.45) is 3.12. The van der Waals surface area contributed by atoms with Crippen LogP contribution in [0, 0.1) is 29.6 Å². The van der Waals surface area contributed by atoms with Gasteiger partial charge in [-0.1, -0.05) is 30.4 Å². The Balaban J connectivity index is 1.85. The minimum Gasteiger partial charge on any atom is -0.0782 e. The van der Waals surface area contributed by atoms with Crippen LogP contribution in [0.15, 0.2) is 10.8 Å². The Morgan fingerprint density at radius 3 is 2.54 bits per heavy atom. The van der Waals surface area contributed by atoms with Gasteiger partial charge in [0.15, 0.2) is 0 Å². The van der Waals surface area contributed by atoms with E-state index in [0.29, 0.717) is 0 Å². The second-order valence-electron chi connectivity index (χ2n) is 6.67. The molecule has 4 aliphatic carbocycles. The molecule has 0 radical (unpaired) electrons. The fourth-order valence-electron chi connectivity index (χ4n) is 4.97. The third-order valence-electron chi connectivity index (χ3n) is 5.29. The molecule has 4 aliphatic rings. The van der Waals surface area contributed by atoms with E-state index in [2.05, 4.69) is 19.6 Å². The van der Waals surface area contributed by atoms with E-state index < -0.39 is 8.07 Å². The lowest BCUT2D eigenvalue weighted by atomic mass is 9.39. The first-order chi connectivity index (χ1) is 6.09. The van der Waals surface area contributed by atoms with Gasteiger partial charge >= 0.3 is 0 Å². The molecule has 3 saturated carbocycles. The summed E-state index contributed by atoms with van der Waals surface area (Å²) in [7, 11) is -0.938. The number of allylic oxidation sites excluding steroid dienone is 2. The zero-order chi connectivity index (χ0) is 8.96. The van der Waals surface area contributed by atoms with E-state index in [1.807, 2.05) is 10.8 Å². The average Bonchev–Trinajstić information content (AvgIpc) is 2.22. The third kappa shape index (κ3) is 0.561. The van der Waals surface area contributed by atoms with Crippen molar-refractivity contribution in [3.63, 3.8) is 0 Å². The Labute approximate surface area is 81.4 Å². The smallest absolute Gasteiger partial charge is 0.0727 e. The second kappa shape index (κ2) is 1.71. The maximum absolute atomic E-state index is 2.56. The zero-order valence-corrected chi connectivity index (χ0v) is 9.80. The predicted molar refractivity (Wildman–Crippen MR) is 57.1 cm³/mol. The summed E-state index contributed by atoms with van der Waals surface area (Å²) in [5, 5.41) is 2.03. The molecule has 0 bridgehead atoms. The van der Waals surface area contributed by atoms with E-state index in [9.17, 15) is 0 Å². The number of hydrogen-bond acceptors (Lipinski definition) is 0. The van der Waals surface area contributed by atoms with Gasteiger partial charge in [-0.05, 0) is 42.4 Å². The van der Waals surface area contributed by atoms with Crippen LogP contribution >= 0.6 is 0 Å². The standard InChI is InChI=1S/C12H18Si/c1-13(2,3)12-8-4-6-7-5-9(12)11(7)10(6)8/h6-8,10-11H,4-5H2,1-3H3.